The van der Waals surface area contributed by atoms with Gasteiger partial charge in [0.05, 0.1) is 5.16 Å². The predicted molar refractivity (Wildman–Crippen MR) is 67.8 cm³/mol. The van der Waals surface area contributed by atoms with Crippen LogP contribution in [0.3, 0.4) is 0 Å². The highest BCUT2D eigenvalue weighted by Gasteiger charge is 2.13. The molecule has 0 N–H and O–H groups in total. The summed E-state index contributed by atoms with van der Waals surface area (Å²) in [6.07, 6.45) is 3.65. The van der Waals surface area contributed by atoms with Crippen LogP contribution in [0, 0.1) is 0 Å². The molecule has 0 saturated carbocycles. The van der Waals surface area contributed by atoms with Gasteiger partial charge in [-0.25, -0.2) is 0 Å². The number of isothiocyanates is 1. The zero-order valence-corrected chi connectivity index (χ0v) is 10.3. The van der Waals surface area contributed by atoms with E-state index in [1.165, 1.54) is 19.3 Å². The zero-order valence-electron chi connectivity index (χ0n) is 8.69. The van der Waals surface area contributed by atoms with Gasteiger partial charge < -0.3 is 4.90 Å². The first-order valence-electron chi connectivity index (χ1n) is 5.17. The van der Waals surface area contributed by atoms with E-state index in [0.717, 1.165) is 18.9 Å². The topological polar surface area (TPSA) is 41.4 Å². The van der Waals surface area contributed by atoms with Crippen LogP contribution < -0.4 is 4.90 Å². The van der Waals surface area contributed by atoms with Gasteiger partial charge in [0.15, 0.2) is 0 Å². The van der Waals surface area contributed by atoms with Gasteiger partial charge >= 0.3 is 0 Å². The molecule has 1 aliphatic heterocycles. The number of rotatable bonds is 2. The fourth-order valence-electron chi connectivity index (χ4n) is 1.77. The van der Waals surface area contributed by atoms with Crippen molar-refractivity contribution in [1.82, 2.24) is 9.97 Å². The first-order valence-corrected chi connectivity index (χ1v) is 5.95. The fourth-order valence-corrected chi connectivity index (χ4v) is 2.02. The second-order valence-corrected chi connectivity index (χ2v) is 4.17. The number of aliphatic imine (C=N–C) groups is 1. The molecular weight excluding hydrogens is 244 g/mol. The monoisotopic (exact) mass is 254 g/mol. The number of hydrogen-bond acceptors (Lipinski definition) is 5. The van der Waals surface area contributed by atoms with Gasteiger partial charge in [0.1, 0.15) is 11.0 Å². The van der Waals surface area contributed by atoms with Gasteiger partial charge in [0.25, 0.3) is 5.95 Å². The maximum Gasteiger partial charge on any atom is 0.261 e. The molecule has 1 saturated heterocycles. The van der Waals surface area contributed by atoms with Crippen molar-refractivity contribution < 1.29 is 0 Å². The second kappa shape index (κ2) is 5.34. The lowest BCUT2D eigenvalue weighted by Gasteiger charge is -2.27. The van der Waals surface area contributed by atoms with E-state index < -0.39 is 0 Å². The Kier molecular flexibility index (Phi) is 3.83. The Labute approximate surface area is 104 Å². The van der Waals surface area contributed by atoms with Crippen LogP contribution in [0.25, 0.3) is 0 Å². The largest absolute Gasteiger partial charge is 0.356 e. The van der Waals surface area contributed by atoms with E-state index in [1.807, 2.05) is 0 Å². The van der Waals surface area contributed by atoms with Crippen LogP contribution in [-0.2, 0) is 0 Å². The number of nitrogens with zero attached hydrogens (tertiary/aromatic N) is 4. The molecule has 0 spiro atoms. The minimum Gasteiger partial charge on any atom is -0.356 e. The van der Waals surface area contributed by atoms with Crippen LogP contribution in [0.1, 0.15) is 19.3 Å². The molecule has 0 radical (unpaired) electrons. The van der Waals surface area contributed by atoms with Gasteiger partial charge in [-0.1, -0.05) is 11.6 Å². The molecule has 1 aliphatic rings. The van der Waals surface area contributed by atoms with Gasteiger partial charge in [0.2, 0.25) is 0 Å². The number of aromatic nitrogens is 2. The highest BCUT2D eigenvalue weighted by Crippen LogP contribution is 2.22. The molecule has 0 atom stereocenters. The average molecular weight is 255 g/mol. The molecule has 6 heteroatoms. The summed E-state index contributed by atoms with van der Waals surface area (Å²) >= 11 is 10.4. The Balaban J connectivity index is 2.28. The average Bonchev–Trinajstić information content (AvgIpc) is 2.30. The Morgan fingerprint density at radius 1 is 1.31 bits per heavy atom. The van der Waals surface area contributed by atoms with Gasteiger partial charge in [-0.3, -0.25) is 0 Å². The first-order chi connectivity index (χ1) is 7.79. The molecule has 0 aromatic carbocycles. The number of halogens is 1. The second-order valence-electron chi connectivity index (χ2n) is 3.60. The lowest BCUT2D eigenvalue weighted by atomic mass is 10.1. The van der Waals surface area contributed by atoms with E-state index in [-0.39, 0.29) is 5.95 Å². The van der Waals surface area contributed by atoms with Gasteiger partial charge in [-0.2, -0.15) is 15.0 Å². The summed E-state index contributed by atoms with van der Waals surface area (Å²) in [5, 5.41) is 2.64. The molecule has 0 aliphatic carbocycles. The van der Waals surface area contributed by atoms with Crippen molar-refractivity contribution in [2.24, 2.45) is 4.99 Å². The van der Waals surface area contributed by atoms with Crippen LogP contribution in [0.15, 0.2) is 11.1 Å². The SMILES string of the molecule is S=C=Nc1nc(Cl)cc(N2CCCCC2)n1. The van der Waals surface area contributed by atoms with Crippen molar-refractivity contribution in [3.8, 4) is 0 Å². The highest BCUT2D eigenvalue weighted by molar-refractivity contribution is 7.78. The Hall–Kier alpha value is -1.03. The number of anilines is 1. The molecule has 1 aromatic heterocycles. The minimum atomic E-state index is 0.281. The van der Waals surface area contributed by atoms with Crippen LogP contribution in [-0.4, -0.2) is 28.2 Å². The predicted octanol–water partition coefficient (Wildman–Crippen LogP) is 2.85. The molecule has 0 amide bonds. The smallest absolute Gasteiger partial charge is 0.261 e. The quantitative estimate of drug-likeness (QED) is 0.462. The van der Waals surface area contributed by atoms with Gasteiger partial charge in [0, 0.05) is 19.2 Å². The third-order valence-corrected chi connectivity index (χ3v) is 2.78. The van der Waals surface area contributed by atoms with Gasteiger partial charge in [-0.15, -0.1) is 0 Å². The van der Waals surface area contributed by atoms with Crippen LogP contribution >= 0.6 is 23.8 Å². The molecule has 0 bridgehead atoms. The van der Waals surface area contributed by atoms with Crippen LogP contribution in [0.2, 0.25) is 5.15 Å². The minimum absolute atomic E-state index is 0.281. The molecule has 2 heterocycles. The summed E-state index contributed by atoms with van der Waals surface area (Å²) in [4.78, 5) is 14.2. The maximum atomic E-state index is 5.91. The molecule has 1 aromatic rings. The van der Waals surface area contributed by atoms with Crippen molar-refractivity contribution in [3.05, 3.63) is 11.2 Å². The lowest BCUT2D eigenvalue weighted by molar-refractivity contribution is 0.573. The number of thiocarbonyl (C=S) groups is 1. The summed E-state index contributed by atoms with van der Waals surface area (Å²) in [5.74, 6) is 1.10. The van der Waals surface area contributed by atoms with Crippen molar-refractivity contribution in [1.29, 1.82) is 0 Å². The van der Waals surface area contributed by atoms with E-state index >= 15 is 0 Å². The summed E-state index contributed by atoms with van der Waals surface area (Å²) in [6, 6.07) is 1.76. The summed E-state index contributed by atoms with van der Waals surface area (Å²) in [7, 11) is 0. The lowest BCUT2D eigenvalue weighted by Crippen LogP contribution is -2.30. The van der Waals surface area contributed by atoms with E-state index in [4.69, 9.17) is 11.6 Å². The van der Waals surface area contributed by atoms with E-state index in [0.29, 0.717) is 5.15 Å². The van der Waals surface area contributed by atoms with Crippen LogP contribution in [0.4, 0.5) is 11.8 Å². The summed E-state index contributed by atoms with van der Waals surface area (Å²) < 4.78 is 0. The third-order valence-electron chi connectivity index (χ3n) is 2.50. The van der Waals surface area contributed by atoms with E-state index in [1.54, 1.807) is 6.07 Å². The highest BCUT2D eigenvalue weighted by atomic mass is 35.5. The molecule has 0 unspecified atom stereocenters. The Morgan fingerprint density at radius 3 is 2.75 bits per heavy atom. The van der Waals surface area contributed by atoms with E-state index in [9.17, 15) is 0 Å². The molecule has 84 valence electrons. The zero-order chi connectivity index (χ0) is 11.4. The molecule has 2 rings (SSSR count). The standard InChI is InChI=1S/C10H11ClN4S/c11-8-6-9(14-10(13-8)12-7-16)15-4-2-1-3-5-15/h6H,1-5H2. The van der Waals surface area contributed by atoms with Crippen molar-refractivity contribution >= 4 is 40.7 Å². The van der Waals surface area contributed by atoms with Crippen molar-refractivity contribution in [2.75, 3.05) is 18.0 Å². The Bertz CT molecular complexity index is 425. The molecule has 16 heavy (non-hydrogen) atoms. The maximum absolute atomic E-state index is 5.91. The van der Waals surface area contributed by atoms with E-state index in [2.05, 4.69) is 37.2 Å². The molecule has 4 nitrogen and oxygen atoms in total. The van der Waals surface area contributed by atoms with Gasteiger partial charge in [-0.05, 0) is 31.5 Å². The number of hydrogen-bond donors (Lipinski definition) is 0. The fraction of sp³-hybridized carbons (Fsp3) is 0.500. The summed E-state index contributed by atoms with van der Waals surface area (Å²) in [6.45, 7) is 2.02. The first kappa shape index (κ1) is 11.5. The molecule has 1 fully saturated rings. The number of piperidine rings is 1. The Morgan fingerprint density at radius 2 is 2.06 bits per heavy atom. The van der Waals surface area contributed by atoms with Crippen molar-refractivity contribution in [2.45, 2.75) is 19.3 Å². The van der Waals surface area contributed by atoms with Crippen molar-refractivity contribution in [3.63, 3.8) is 0 Å². The normalized spacial score (nSPS) is 15.7. The third kappa shape index (κ3) is 2.76. The molecular formula is C10H11ClN4S. The van der Waals surface area contributed by atoms with Crippen LogP contribution in [0.5, 0.6) is 0 Å². The summed E-state index contributed by atoms with van der Waals surface area (Å²) in [5.41, 5.74) is 0.